The predicted octanol–water partition coefficient (Wildman–Crippen LogP) is 4.07. The molecular weight excluding hydrogens is 380 g/mol. The highest BCUT2D eigenvalue weighted by atomic mass is 16.6. The van der Waals surface area contributed by atoms with Gasteiger partial charge >= 0.3 is 5.97 Å². The first-order valence-corrected chi connectivity index (χ1v) is 10.4. The maximum absolute atomic E-state index is 13.4. The summed E-state index contributed by atoms with van der Waals surface area (Å²) >= 11 is 0. The van der Waals surface area contributed by atoms with Crippen LogP contribution in [-0.4, -0.2) is 41.0 Å². The summed E-state index contributed by atoms with van der Waals surface area (Å²) in [4.78, 5) is 31.8. The number of cyclic esters (lactones) is 1. The molecule has 2 aliphatic rings. The summed E-state index contributed by atoms with van der Waals surface area (Å²) in [6, 6.07) is 12.0. The highest BCUT2D eigenvalue weighted by Gasteiger charge is 2.49. The second-order valence-electron chi connectivity index (χ2n) is 8.67. The summed E-state index contributed by atoms with van der Waals surface area (Å²) in [6.07, 6.45) is 1.94. The molecule has 3 heterocycles. The highest BCUT2D eigenvalue weighted by Crippen LogP contribution is 2.39. The van der Waals surface area contributed by atoms with Gasteiger partial charge in [0.05, 0.1) is 31.2 Å². The van der Waals surface area contributed by atoms with Crippen LogP contribution in [0, 0.1) is 12.8 Å². The number of carbonyl (C=O) groups excluding carboxylic acids is 2. The molecule has 1 aromatic heterocycles. The Balaban J connectivity index is 1.63. The average molecular weight is 408 g/mol. The molecule has 0 N–H and O–H groups in total. The number of likely N-dealkylation sites (tertiary alicyclic amines) is 1. The summed E-state index contributed by atoms with van der Waals surface area (Å²) in [7, 11) is 1.65. The number of ether oxygens (including phenoxy) is 2. The number of hydrogen-bond donors (Lipinski definition) is 0. The molecule has 6 nitrogen and oxygen atoms in total. The van der Waals surface area contributed by atoms with Gasteiger partial charge in [-0.1, -0.05) is 12.1 Å². The summed E-state index contributed by atoms with van der Waals surface area (Å²) < 4.78 is 10.6. The second-order valence-corrected chi connectivity index (χ2v) is 8.67. The molecular formula is C24H28N2O4. The molecule has 2 fully saturated rings. The van der Waals surface area contributed by atoms with Crippen LogP contribution in [0.5, 0.6) is 5.75 Å². The number of carbonyl (C=O) groups is 2. The van der Waals surface area contributed by atoms with E-state index in [0.29, 0.717) is 6.54 Å². The van der Waals surface area contributed by atoms with Crippen LogP contribution >= 0.6 is 0 Å². The van der Waals surface area contributed by atoms with Gasteiger partial charge in [-0.15, -0.1) is 0 Å². The first-order valence-electron chi connectivity index (χ1n) is 10.4. The number of aromatic nitrogens is 1. The number of pyridine rings is 1. The molecule has 2 saturated heterocycles. The van der Waals surface area contributed by atoms with Gasteiger partial charge in [0.1, 0.15) is 11.4 Å². The maximum Gasteiger partial charge on any atom is 0.307 e. The van der Waals surface area contributed by atoms with Crippen molar-refractivity contribution in [1.29, 1.82) is 0 Å². The topological polar surface area (TPSA) is 68.7 Å². The van der Waals surface area contributed by atoms with Gasteiger partial charge in [0.2, 0.25) is 5.91 Å². The zero-order valence-electron chi connectivity index (χ0n) is 18.0. The van der Waals surface area contributed by atoms with Crippen molar-refractivity contribution in [3.63, 3.8) is 0 Å². The molecule has 4 rings (SSSR count). The normalized spacial score (nSPS) is 22.8. The Bertz CT molecular complexity index is 968. The third kappa shape index (κ3) is 3.78. The number of amides is 1. The molecule has 0 bridgehead atoms. The molecule has 1 aromatic carbocycles. The Labute approximate surface area is 177 Å². The van der Waals surface area contributed by atoms with E-state index < -0.39 is 11.5 Å². The monoisotopic (exact) mass is 408 g/mol. The number of methoxy groups -OCH3 is 1. The fourth-order valence-electron chi connectivity index (χ4n) is 4.56. The Morgan fingerprint density at radius 3 is 2.57 bits per heavy atom. The van der Waals surface area contributed by atoms with Crippen molar-refractivity contribution >= 4 is 11.9 Å². The lowest BCUT2D eigenvalue weighted by Gasteiger charge is -2.31. The fourth-order valence-corrected chi connectivity index (χ4v) is 4.56. The van der Waals surface area contributed by atoms with E-state index in [9.17, 15) is 9.59 Å². The molecule has 0 unspecified atom stereocenters. The first-order chi connectivity index (χ1) is 14.3. The van der Waals surface area contributed by atoms with Crippen LogP contribution in [0.4, 0.5) is 0 Å². The summed E-state index contributed by atoms with van der Waals surface area (Å²) in [5.41, 5.74) is 3.19. The van der Waals surface area contributed by atoms with Gasteiger partial charge in [0, 0.05) is 12.2 Å². The zero-order valence-corrected chi connectivity index (χ0v) is 18.0. The molecule has 30 heavy (non-hydrogen) atoms. The van der Waals surface area contributed by atoms with Crippen LogP contribution in [-0.2, 0) is 14.3 Å². The molecule has 2 aliphatic heterocycles. The van der Waals surface area contributed by atoms with E-state index in [1.54, 1.807) is 7.11 Å². The Morgan fingerprint density at radius 1 is 1.20 bits per heavy atom. The third-order valence-electron chi connectivity index (χ3n) is 6.16. The van der Waals surface area contributed by atoms with Crippen molar-refractivity contribution in [2.75, 3.05) is 13.7 Å². The minimum absolute atomic E-state index is 0.0114. The van der Waals surface area contributed by atoms with Crippen LogP contribution < -0.4 is 4.74 Å². The number of rotatable bonds is 4. The van der Waals surface area contributed by atoms with Gasteiger partial charge in [-0.2, -0.15) is 0 Å². The smallest absolute Gasteiger partial charge is 0.307 e. The minimum Gasteiger partial charge on any atom is -0.497 e. The lowest BCUT2D eigenvalue weighted by molar-refractivity contribution is -0.149. The van der Waals surface area contributed by atoms with Crippen molar-refractivity contribution in [2.24, 2.45) is 5.92 Å². The zero-order chi connectivity index (χ0) is 21.5. The van der Waals surface area contributed by atoms with E-state index >= 15 is 0 Å². The van der Waals surface area contributed by atoms with Gasteiger partial charge in [0.25, 0.3) is 0 Å². The van der Waals surface area contributed by atoms with E-state index in [2.05, 4.69) is 12.1 Å². The van der Waals surface area contributed by atoms with Crippen LogP contribution in [0.1, 0.15) is 50.5 Å². The number of benzene rings is 1. The molecule has 0 radical (unpaired) electrons. The lowest BCUT2D eigenvalue weighted by atomic mass is 9.89. The van der Waals surface area contributed by atoms with Gasteiger partial charge in [-0.3, -0.25) is 14.6 Å². The van der Waals surface area contributed by atoms with Crippen molar-refractivity contribution in [3.8, 4) is 16.9 Å². The Morgan fingerprint density at radius 2 is 1.93 bits per heavy atom. The van der Waals surface area contributed by atoms with Crippen LogP contribution in [0.2, 0.25) is 0 Å². The van der Waals surface area contributed by atoms with Crippen molar-refractivity contribution in [2.45, 2.75) is 51.7 Å². The predicted molar refractivity (Wildman–Crippen MR) is 113 cm³/mol. The lowest BCUT2D eigenvalue weighted by Crippen LogP contribution is -2.43. The number of esters is 1. The van der Waals surface area contributed by atoms with Crippen molar-refractivity contribution in [1.82, 2.24) is 9.88 Å². The van der Waals surface area contributed by atoms with E-state index in [1.165, 1.54) is 0 Å². The molecule has 1 amide bonds. The molecule has 2 atom stereocenters. The van der Waals surface area contributed by atoms with Crippen LogP contribution in [0.15, 0.2) is 36.4 Å². The Hall–Kier alpha value is -2.89. The minimum atomic E-state index is -0.768. The molecule has 2 aromatic rings. The van der Waals surface area contributed by atoms with Gasteiger partial charge < -0.3 is 14.4 Å². The molecule has 158 valence electrons. The van der Waals surface area contributed by atoms with E-state index in [0.717, 1.165) is 41.1 Å². The van der Waals surface area contributed by atoms with Crippen LogP contribution in [0.25, 0.3) is 11.1 Å². The van der Waals surface area contributed by atoms with Crippen LogP contribution in [0.3, 0.4) is 0 Å². The highest BCUT2D eigenvalue weighted by molar-refractivity contribution is 5.88. The van der Waals surface area contributed by atoms with Gasteiger partial charge in [-0.25, -0.2) is 0 Å². The molecule has 0 saturated carbocycles. The maximum atomic E-state index is 13.4. The number of aryl methyl sites for hydroxylation is 1. The molecule has 6 heteroatoms. The van der Waals surface area contributed by atoms with E-state index in [4.69, 9.17) is 14.5 Å². The summed E-state index contributed by atoms with van der Waals surface area (Å²) in [5, 5.41) is 0. The Kier molecular flexibility index (Phi) is 5.26. The average Bonchev–Trinajstić information content (AvgIpc) is 3.30. The van der Waals surface area contributed by atoms with E-state index in [1.807, 2.05) is 49.9 Å². The van der Waals surface area contributed by atoms with E-state index in [-0.39, 0.29) is 24.3 Å². The summed E-state index contributed by atoms with van der Waals surface area (Å²) in [5.74, 6) is 0.0527. The molecule has 0 aliphatic carbocycles. The van der Waals surface area contributed by atoms with Crippen molar-refractivity contribution in [3.05, 3.63) is 47.8 Å². The third-order valence-corrected chi connectivity index (χ3v) is 6.16. The standard InChI is InChI=1S/C24H28N2O4/c1-15-12-17(16-7-9-18(29-4)10-8-16)13-20(25-15)21-6-5-11-26(21)23(28)19-14-22(27)30-24(19,2)3/h7-10,12-13,19,21H,5-6,11,14H2,1-4H3/t19-,21-/m1/s1. The quantitative estimate of drug-likeness (QED) is 0.714. The van der Waals surface area contributed by atoms with Gasteiger partial charge in [0.15, 0.2) is 0 Å². The largest absolute Gasteiger partial charge is 0.497 e. The number of nitrogens with zero attached hydrogens (tertiary/aromatic N) is 2. The fraction of sp³-hybridized carbons (Fsp3) is 0.458. The first kappa shape index (κ1) is 20.4. The molecule has 0 spiro atoms. The number of hydrogen-bond acceptors (Lipinski definition) is 5. The second kappa shape index (κ2) is 7.74. The van der Waals surface area contributed by atoms with Gasteiger partial charge in [-0.05, 0) is 69.0 Å². The SMILES string of the molecule is COc1ccc(-c2cc(C)nc([C@H]3CCCN3C(=O)[C@H]3CC(=O)OC3(C)C)c2)cc1. The van der Waals surface area contributed by atoms with Crippen molar-refractivity contribution < 1.29 is 19.1 Å². The summed E-state index contributed by atoms with van der Waals surface area (Å²) in [6.45, 7) is 6.29.